The van der Waals surface area contributed by atoms with E-state index >= 15 is 0 Å². The normalized spacial score (nSPS) is 26.8. The second-order valence-corrected chi connectivity index (χ2v) is 9.94. The van der Waals surface area contributed by atoms with Gasteiger partial charge < -0.3 is 9.80 Å². The van der Waals surface area contributed by atoms with Crippen molar-refractivity contribution >= 4 is 5.91 Å². The van der Waals surface area contributed by atoms with Gasteiger partial charge in [-0.2, -0.15) is 0 Å². The van der Waals surface area contributed by atoms with Crippen LogP contribution in [0.15, 0.2) is 18.2 Å². The lowest BCUT2D eigenvalue weighted by atomic mass is 9.79. The summed E-state index contributed by atoms with van der Waals surface area (Å²) in [7, 11) is 0. The molecule has 0 N–H and O–H groups in total. The van der Waals surface area contributed by atoms with E-state index in [-0.39, 0.29) is 11.3 Å². The smallest absolute Gasteiger partial charge is 0.225 e. The predicted molar refractivity (Wildman–Crippen MR) is 114 cm³/mol. The molecule has 1 amide bonds. The molecule has 30 heavy (non-hydrogen) atoms. The molecule has 6 heteroatoms. The molecule has 1 aromatic carbocycles. The largest absolute Gasteiger partial charge is 0.342 e. The van der Waals surface area contributed by atoms with Crippen molar-refractivity contribution in [3.63, 3.8) is 0 Å². The molecule has 3 heterocycles. The zero-order valence-corrected chi connectivity index (χ0v) is 18.4. The van der Waals surface area contributed by atoms with Gasteiger partial charge in [-0.25, -0.2) is 8.78 Å². The van der Waals surface area contributed by atoms with Crippen LogP contribution in [0.4, 0.5) is 8.78 Å². The summed E-state index contributed by atoms with van der Waals surface area (Å²) >= 11 is 0. The van der Waals surface area contributed by atoms with Crippen molar-refractivity contribution in [3.8, 4) is 0 Å². The first-order chi connectivity index (χ1) is 14.4. The minimum absolute atomic E-state index is 0.107. The zero-order chi connectivity index (χ0) is 21.3. The quantitative estimate of drug-likeness (QED) is 0.741. The highest BCUT2D eigenvalue weighted by molar-refractivity contribution is 5.79. The van der Waals surface area contributed by atoms with Crippen molar-refractivity contribution in [2.75, 3.05) is 39.3 Å². The topological polar surface area (TPSA) is 26.8 Å². The minimum Gasteiger partial charge on any atom is -0.342 e. The Labute approximate surface area is 179 Å². The van der Waals surface area contributed by atoms with Crippen LogP contribution in [-0.2, 0) is 11.3 Å². The SMILES string of the molecule is CC(C)N1CCC(C(=O)N2CCC3(CCCN(Cc4cccc(F)c4F)C3)C2)CC1. The third kappa shape index (κ3) is 4.54. The number of carbonyl (C=O) groups excluding carboxylic acids is 1. The molecule has 0 saturated carbocycles. The lowest BCUT2D eigenvalue weighted by Crippen LogP contribution is -2.47. The van der Waals surface area contributed by atoms with E-state index in [4.69, 9.17) is 0 Å². The molecular formula is C24H35F2N3O. The van der Waals surface area contributed by atoms with Gasteiger partial charge in [-0.1, -0.05) is 12.1 Å². The molecule has 0 radical (unpaired) electrons. The standard InChI is InChI=1S/C24H35F2N3O/c1-18(2)28-12-7-19(8-13-28)23(30)29-14-10-24(17-29)9-4-11-27(16-24)15-20-5-3-6-21(25)22(20)26/h3,5-6,18-19H,4,7-17H2,1-2H3. The van der Waals surface area contributed by atoms with Crippen LogP contribution in [0.1, 0.15) is 51.5 Å². The number of benzene rings is 1. The average molecular weight is 420 g/mol. The Bertz CT molecular complexity index is 763. The molecule has 1 unspecified atom stereocenters. The molecule has 166 valence electrons. The van der Waals surface area contributed by atoms with Gasteiger partial charge in [0, 0.05) is 49.1 Å². The van der Waals surface area contributed by atoms with Gasteiger partial charge >= 0.3 is 0 Å². The first-order valence-electron chi connectivity index (χ1n) is 11.5. The molecule has 4 nitrogen and oxygen atoms in total. The molecular weight excluding hydrogens is 384 g/mol. The molecule has 0 bridgehead atoms. The molecule has 4 rings (SSSR count). The summed E-state index contributed by atoms with van der Waals surface area (Å²) in [5.74, 6) is -1.01. The summed E-state index contributed by atoms with van der Waals surface area (Å²) < 4.78 is 27.7. The van der Waals surface area contributed by atoms with Gasteiger partial charge in [0.15, 0.2) is 11.6 Å². The lowest BCUT2D eigenvalue weighted by Gasteiger charge is -2.41. The summed E-state index contributed by atoms with van der Waals surface area (Å²) in [6.07, 6.45) is 5.11. The summed E-state index contributed by atoms with van der Waals surface area (Å²) in [5, 5.41) is 0. The van der Waals surface area contributed by atoms with Crippen LogP contribution < -0.4 is 0 Å². The number of hydrogen-bond acceptors (Lipinski definition) is 3. The van der Waals surface area contributed by atoms with Gasteiger partial charge in [0.1, 0.15) is 0 Å². The number of halogens is 2. The second kappa shape index (κ2) is 8.91. The minimum atomic E-state index is -0.777. The van der Waals surface area contributed by atoms with Gasteiger partial charge in [0.05, 0.1) is 0 Å². The van der Waals surface area contributed by atoms with Crippen LogP contribution in [0.3, 0.4) is 0 Å². The fourth-order valence-electron chi connectivity index (χ4n) is 5.73. The third-order valence-corrected chi connectivity index (χ3v) is 7.53. The summed E-state index contributed by atoms with van der Waals surface area (Å²) in [4.78, 5) is 20.0. The van der Waals surface area contributed by atoms with Crippen molar-refractivity contribution in [1.82, 2.24) is 14.7 Å². The van der Waals surface area contributed by atoms with E-state index in [0.29, 0.717) is 24.1 Å². The van der Waals surface area contributed by atoms with Gasteiger partial charge in [-0.3, -0.25) is 9.69 Å². The van der Waals surface area contributed by atoms with Crippen LogP contribution in [0.5, 0.6) is 0 Å². The van der Waals surface area contributed by atoms with Gasteiger partial charge in [0.25, 0.3) is 0 Å². The molecule has 3 aliphatic heterocycles. The summed E-state index contributed by atoms with van der Waals surface area (Å²) in [6, 6.07) is 4.97. The average Bonchev–Trinajstić information content (AvgIpc) is 3.14. The Kier molecular flexibility index (Phi) is 6.44. The molecule has 3 saturated heterocycles. The summed E-state index contributed by atoms with van der Waals surface area (Å²) in [5.41, 5.74) is 0.533. The molecule has 1 aromatic rings. The number of nitrogens with zero attached hydrogens (tertiary/aromatic N) is 3. The molecule has 1 spiro atoms. The van der Waals surface area contributed by atoms with Crippen molar-refractivity contribution < 1.29 is 13.6 Å². The van der Waals surface area contributed by atoms with E-state index in [1.165, 1.54) is 6.07 Å². The van der Waals surface area contributed by atoms with Gasteiger partial charge in [-0.05, 0) is 71.7 Å². The van der Waals surface area contributed by atoms with Gasteiger partial charge in [-0.15, -0.1) is 0 Å². The zero-order valence-electron chi connectivity index (χ0n) is 18.4. The van der Waals surface area contributed by atoms with E-state index in [9.17, 15) is 13.6 Å². The Morgan fingerprint density at radius 1 is 1.10 bits per heavy atom. The second-order valence-electron chi connectivity index (χ2n) is 9.94. The van der Waals surface area contributed by atoms with Crippen molar-refractivity contribution in [2.45, 2.75) is 58.5 Å². The van der Waals surface area contributed by atoms with Crippen molar-refractivity contribution in [3.05, 3.63) is 35.4 Å². The van der Waals surface area contributed by atoms with E-state index in [2.05, 4.69) is 28.5 Å². The maximum Gasteiger partial charge on any atom is 0.225 e. The van der Waals surface area contributed by atoms with E-state index in [1.54, 1.807) is 12.1 Å². The highest BCUT2D eigenvalue weighted by atomic mass is 19.2. The number of piperidine rings is 2. The van der Waals surface area contributed by atoms with Crippen molar-refractivity contribution in [2.24, 2.45) is 11.3 Å². The molecule has 0 aliphatic carbocycles. The molecule has 1 atom stereocenters. The number of hydrogen-bond donors (Lipinski definition) is 0. The van der Waals surface area contributed by atoms with Crippen LogP contribution in [0, 0.1) is 23.0 Å². The van der Waals surface area contributed by atoms with E-state index in [0.717, 1.165) is 71.4 Å². The highest BCUT2D eigenvalue weighted by Crippen LogP contribution is 2.40. The molecule has 0 aromatic heterocycles. The Morgan fingerprint density at radius 2 is 1.87 bits per heavy atom. The molecule has 3 aliphatic rings. The van der Waals surface area contributed by atoms with Gasteiger partial charge in [0.2, 0.25) is 5.91 Å². The maximum absolute atomic E-state index is 14.1. The van der Waals surface area contributed by atoms with Crippen molar-refractivity contribution in [1.29, 1.82) is 0 Å². The first-order valence-corrected chi connectivity index (χ1v) is 11.5. The highest BCUT2D eigenvalue weighted by Gasteiger charge is 2.44. The number of rotatable bonds is 4. The fourth-order valence-corrected chi connectivity index (χ4v) is 5.73. The predicted octanol–water partition coefficient (Wildman–Crippen LogP) is 3.90. The lowest BCUT2D eigenvalue weighted by molar-refractivity contribution is -0.136. The van der Waals surface area contributed by atoms with Crippen LogP contribution >= 0.6 is 0 Å². The molecule has 3 fully saturated rings. The maximum atomic E-state index is 14.1. The fraction of sp³-hybridized carbons (Fsp3) is 0.708. The Balaban J connectivity index is 1.34. The Hall–Kier alpha value is -1.53. The van der Waals surface area contributed by atoms with E-state index in [1.807, 2.05) is 0 Å². The van der Waals surface area contributed by atoms with E-state index < -0.39 is 11.6 Å². The summed E-state index contributed by atoms with van der Waals surface area (Å²) in [6.45, 7) is 10.3. The first kappa shape index (κ1) is 21.7. The van der Waals surface area contributed by atoms with Crippen LogP contribution in [0.2, 0.25) is 0 Å². The Morgan fingerprint density at radius 3 is 2.60 bits per heavy atom. The van der Waals surface area contributed by atoms with Crippen LogP contribution in [-0.4, -0.2) is 65.9 Å². The number of carbonyl (C=O) groups is 1. The monoisotopic (exact) mass is 419 g/mol. The number of amides is 1. The number of likely N-dealkylation sites (tertiary alicyclic amines) is 3. The van der Waals surface area contributed by atoms with Crippen LogP contribution in [0.25, 0.3) is 0 Å². The third-order valence-electron chi connectivity index (χ3n) is 7.53.